The van der Waals surface area contributed by atoms with Crippen LogP contribution in [0.4, 0.5) is 0 Å². The van der Waals surface area contributed by atoms with Gasteiger partial charge in [0.1, 0.15) is 5.75 Å². The highest BCUT2D eigenvalue weighted by atomic mass is 16.5. The van der Waals surface area contributed by atoms with Crippen molar-refractivity contribution in [2.45, 2.75) is 25.9 Å². The second-order valence-corrected chi connectivity index (χ2v) is 6.65. The predicted octanol–water partition coefficient (Wildman–Crippen LogP) is 1.90. The molecule has 0 saturated carbocycles. The van der Waals surface area contributed by atoms with Gasteiger partial charge < -0.3 is 19.7 Å². The minimum absolute atomic E-state index is 0.00556. The number of amides is 1. The van der Waals surface area contributed by atoms with Crippen molar-refractivity contribution >= 4 is 5.91 Å². The summed E-state index contributed by atoms with van der Waals surface area (Å²) in [6, 6.07) is 10.2. The molecule has 1 aliphatic rings. The van der Waals surface area contributed by atoms with Crippen LogP contribution < -0.4 is 10.1 Å². The van der Waals surface area contributed by atoms with Gasteiger partial charge in [-0.05, 0) is 30.2 Å². The third-order valence-corrected chi connectivity index (χ3v) is 4.83. The topological polar surface area (TPSA) is 68.6 Å². The molecule has 1 fully saturated rings. The summed E-state index contributed by atoms with van der Waals surface area (Å²) in [5, 5.41) is 7.81. The average Bonchev–Trinajstić information content (AvgIpc) is 3.14. The van der Waals surface area contributed by atoms with Crippen molar-refractivity contribution in [3.8, 4) is 5.75 Å². The van der Waals surface area contributed by atoms with Gasteiger partial charge in [-0.15, -0.1) is 0 Å². The fraction of sp³-hybridized carbons (Fsp3) is 0.500. The lowest BCUT2D eigenvalue weighted by molar-refractivity contribution is -0.137. The van der Waals surface area contributed by atoms with Crippen LogP contribution in [0.2, 0.25) is 0 Å². The highest BCUT2D eigenvalue weighted by molar-refractivity contribution is 5.77. The molecular weight excluding hydrogens is 344 g/mol. The van der Waals surface area contributed by atoms with Crippen LogP contribution in [0, 0.1) is 0 Å². The highest BCUT2D eigenvalue weighted by Crippen LogP contribution is 2.17. The molecule has 146 valence electrons. The lowest BCUT2D eigenvalue weighted by Gasteiger charge is -2.26. The summed E-state index contributed by atoms with van der Waals surface area (Å²) < 4.78 is 12.8. The largest absolute Gasteiger partial charge is 0.484 e. The molecule has 7 nitrogen and oxygen atoms in total. The maximum atomic E-state index is 12.1. The Hall–Kier alpha value is -2.38. The van der Waals surface area contributed by atoms with Crippen LogP contribution >= 0.6 is 0 Å². The van der Waals surface area contributed by atoms with Gasteiger partial charge in [0.15, 0.2) is 6.61 Å². The van der Waals surface area contributed by atoms with E-state index in [0.29, 0.717) is 32.1 Å². The van der Waals surface area contributed by atoms with Gasteiger partial charge in [0.25, 0.3) is 5.91 Å². The molecule has 27 heavy (non-hydrogen) atoms. The monoisotopic (exact) mass is 372 g/mol. The van der Waals surface area contributed by atoms with Gasteiger partial charge in [-0.25, -0.2) is 0 Å². The summed E-state index contributed by atoms with van der Waals surface area (Å²) in [5.74, 6) is 0.713. The smallest absolute Gasteiger partial charge is 0.260 e. The summed E-state index contributed by atoms with van der Waals surface area (Å²) >= 11 is 0. The van der Waals surface area contributed by atoms with Crippen molar-refractivity contribution in [1.82, 2.24) is 20.0 Å². The number of nitrogens with zero attached hydrogens (tertiary/aromatic N) is 3. The first-order valence-corrected chi connectivity index (χ1v) is 9.46. The number of aromatic nitrogens is 2. The first-order valence-electron chi connectivity index (χ1n) is 9.46. The number of nitrogens with one attached hydrogen (secondary N) is 1. The number of morpholine rings is 1. The van der Waals surface area contributed by atoms with Gasteiger partial charge in [0, 0.05) is 38.9 Å². The Morgan fingerprint density at radius 3 is 2.63 bits per heavy atom. The summed E-state index contributed by atoms with van der Waals surface area (Å²) in [6.07, 6.45) is 2.81. The number of ether oxygens (including phenoxy) is 2. The average molecular weight is 372 g/mol. The van der Waals surface area contributed by atoms with E-state index in [-0.39, 0.29) is 18.6 Å². The number of benzene rings is 1. The molecule has 1 aromatic carbocycles. The molecule has 1 aromatic heterocycles. The van der Waals surface area contributed by atoms with Crippen molar-refractivity contribution < 1.29 is 14.3 Å². The third kappa shape index (κ3) is 5.30. The summed E-state index contributed by atoms with van der Waals surface area (Å²) in [5.41, 5.74) is 2.35. The molecule has 7 heteroatoms. The normalized spacial score (nSPS) is 15.6. The van der Waals surface area contributed by atoms with Crippen molar-refractivity contribution in [1.29, 1.82) is 0 Å². The van der Waals surface area contributed by atoms with Gasteiger partial charge in [-0.3, -0.25) is 9.48 Å². The van der Waals surface area contributed by atoms with E-state index in [1.807, 2.05) is 48.3 Å². The molecule has 1 N–H and O–H groups in total. The Morgan fingerprint density at radius 2 is 2.00 bits per heavy atom. The van der Waals surface area contributed by atoms with Crippen LogP contribution in [-0.2, 0) is 23.1 Å². The van der Waals surface area contributed by atoms with E-state index in [9.17, 15) is 4.79 Å². The van der Waals surface area contributed by atoms with Crippen LogP contribution in [0.15, 0.2) is 36.5 Å². The Kier molecular flexibility index (Phi) is 6.84. The second kappa shape index (κ2) is 9.53. The summed E-state index contributed by atoms with van der Waals surface area (Å²) in [7, 11) is 1.96. The molecule has 0 spiro atoms. The summed E-state index contributed by atoms with van der Waals surface area (Å²) in [6.45, 7) is 5.47. The number of hydrogen-bond donors (Lipinski definition) is 1. The lowest BCUT2D eigenvalue weighted by Crippen LogP contribution is -2.42. The van der Waals surface area contributed by atoms with E-state index < -0.39 is 0 Å². The molecule has 1 atom stereocenters. The lowest BCUT2D eigenvalue weighted by atomic mass is 10.1. The number of rotatable bonds is 8. The minimum atomic E-state index is 0.00556. The maximum absolute atomic E-state index is 12.1. The van der Waals surface area contributed by atoms with Crippen LogP contribution in [0.1, 0.15) is 30.6 Å². The van der Waals surface area contributed by atoms with E-state index in [1.54, 1.807) is 4.90 Å². The molecule has 0 bridgehead atoms. The molecule has 3 rings (SSSR count). The van der Waals surface area contributed by atoms with Crippen molar-refractivity contribution in [3.05, 3.63) is 47.8 Å². The zero-order chi connectivity index (χ0) is 19.1. The minimum Gasteiger partial charge on any atom is -0.484 e. The fourth-order valence-electron chi connectivity index (χ4n) is 3.18. The van der Waals surface area contributed by atoms with Crippen molar-refractivity contribution in [2.75, 3.05) is 32.9 Å². The molecule has 2 aromatic rings. The van der Waals surface area contributed by atoms with Crippen molar-refractivity contribution in [3.63, 3.8) is 0 Å². The van der Waals surface area contributed by atoms with E-state index >= 15 is 0 Å². The van der Waals surface area contributed by atoms with Gasteiger partial charge in [0.05, 0.1) is 18.9 Å². The highest BCUT2D eigenvalue weighted by Gasteiger charge is 2.17. The number of carbonyl (C=O) groups excluding carboxylic acids is 1. The van der Waals surface area contributed by atoms with Gasteiger partial charge >= 0.3 is 0 Å². The zero-order valence-electron chi connectivity index (χ0n) is 16.1. The standard InChI is InChI=1S/C20H28N4O3/c1-3-18(19-8-9-22-23(19)2)21-14-16-4-6-17(7-5-16)27-15-20(25)24-10-12-26-13-11-24/h4-9,18,21H,3,10-15H2,1-2H3/t18-/m0/s1. The molecule has 2 heterocycles. The molecule has 1 amide bonds. The molecule has 1 saturated heterocycles. The zero-order valence-corrected chi connectivity index (χ0v) is 16.1. The van der Waals surface area contributed by atoms with Gasteiger partial charge in [0.2, 0.25) is 0 Å². The number of aryl methyl sites for hydroxylation is 1. The summed E-state index contributed by atoms with van der Waals surface area (Å²) in [4.78, 5) is 13.9. The third-order valence-electron chi connectivity index (χ3n) is 4.83. The van der Waals surface area contributed by atoms with E-state index in [0.717, 1.165) is 13.0 Å². The first-order chi connectivity index (χ1) is 13.2. The molecule has 0 unspecified atom stereocenters. The van der Waals surface area contributed by atoms with Crippen molar-refractivity contribution in [2.24, 2.45) is 7.05 Å². The van der Waals surface area contributed by atoms with Crippen LogP contribution in [-0.4, -0.2) is 53.5 Å². The van der Waals surface area contributed by atoms with Gasteiger partial charge in [-0.2, -0.15) is 5.10 Å². The maximum Gasteiger partial charge on any atom is 0.260 e. The van der Waals surface area contributed by atoms with E-state index in [1.165, 1.54) is 11.3 Å². The molecule has 1 aliphatic heterocycles. The second-order valence-electron chi connectivity index (χ2n) is 6.65. The van der Waals surface area contributed by atoms with Crippen LogP contribution in [0.3, 0.4) is 0 Å². The van der Waals surface area contributed by atoms with E-state index in [2.05, 4.69) is 17.3 Å². The number of carbonyl (C=O) groups is 1. The molecule has 0 radical (unpaired) electrons. The van der Waals surface area contributed by atoms with E-state index in [4.69, 9.17) is 9.47 Å². The Labute approximate surface area is 160 Å². The van der Waals surface area contributed by atoms with Crippen LogP contribution in [0.25, 0.3) is 0 Å². The van der Waals surface area contributed by atoms with Gasteiger partial charge in [-0.1, -0.05) is 19.1 Å². The molecular formula is C20H28N4O3. The van der Waals surface area contributed by atoms with Crippen LogP contribution in [0.5, 0.6) is 5.75 Å². The predicted molar refractivity (Wildman–Crippen MR) is 102 cm³/mol. The Morgan fingerprint density at radius 1 is 1.26 bits per heavy atom. The fourth-order valence-corrected chi connectivity index (χ4v) is 3.18. The molecule has 0 aliphatic carbocycles. The quantitative estimate of drug-likeness (QED) is 0.767. The first kappa shape index (κ1) is 19.4. The number of hydrogen-bond acceptors (Lipinski definition) is 5. The Bertz CT molecular complexity index is 723. The SMILES string of the molecule is CC[C@H](NCc1ccc(OCC(=O)N2CCOCC2)cc1)c1ccnn1C. The Balaban J connectivity index is 1.47.